The number of aliphatic imine (C=N–C) groups is 1. The molecular formula is C32H47N. The first-order valence-corrected chi connectivity index (χ1v) is 13.6. The molecule has 0 bridgehead atoms. The third-order valence-electron chi connectivity index (χ3n) is 9.86. The molecule has 0 N–H and O–H groups in total. The lowest BCUT2D eigenvalue weighted by Crippen LogP contribution is -2.38. The van der Waals surface area contributed by atoms with E-state index in [1.165, 1.54) is 68.1 Å². The van der Waals surface area contributed by atoms with E-state index in [0.29, 0.717) is 16.7 Å². The van der Waals surface area contributed by atoms with Crippen LogP contribution in [0.2, 0.25) is 0 Å². The second-order valence-electron chi connectivity index (χ2n) is 12.3. The van der Waals surface area contributed by atoms with E-state index in [1.54, 1.807) is 11.1 Å². The normalized spacial score (nSPS) is 38.5. The Morgan fingerprint density at radius 3 is 2.67 bits per heavy atom. The predicted molar refractivity (Wildman–Crippen MR) is 145 cm³/mol. The molecule has 4 rings (SSSR count). The molecule has 0 amide bonds. The molecule has 0 aromatic carbocycles. The summed E-state index contributed by atoms with van der Waals surface area (Å²) in [7, 11) is 0. The maximum Gasteiger partial charge on any atom is 0.0361 e. The molecule has 1 nitrogen and oxygen atoms in total. The summed E-state index contributed by atoms with van der Waals surface area (Å²) in [5, 5.41) is 0. The maximum atomic E-state index is 4.54. The fraction of sp³-hybridized carbons (Fsp3) is 0.656. The molecule has 2 saturated carbocycles. The van der Waals surface area contributed by atoms with Crippen molar-refractivity contribution in [2.75, 3.05) is 6.54 Å². The summed E-state index contributed by atoms with van der Waals surface area (Å²) in [6, 6.07) is 0. The fourth-order valence-electron chi connectivity index (χ4n) is 7.94. The number of rotatable bonds is 5. The molecule has 0 aromatic heterocycles. The first kappa shape index (κ1) is 24.5. The number of hydrogen-bond donors (Lipinski definition) is 0. The van der Waals surface area contributed by atoms with Gasteiger partial charge in [-0.1, -0.05) is 62.8 Å². The highest BCUT2D eigenvalue weighted by molar-refractivity contribution is 5.83. The van der Waals surface area contributed by atoms with Crippen LogP contribution in [-0.2, 0) is 0 Å². The minimum Gasteiger partial charge on any atom is -0.293 e. The molecule has 6 unspecified atom stereocenters. The standard InChI is InChI=1S/C32H47N/c1-8-24(18-26(22(3)4)21-33-9-2)29-12-13-30-28-15-16-31(6)20-23(5)10-11-27(31)19-25(28)14-17-32(29,30)7/h8,11,18-19,21,23,28-30H,1,9-10,12-17,20H2,2-7H3. The smallest absolute Gasteiger partial charge is 0.0361 e. The Labute approximate surface area is 203 Å². The van der Waals surface area contributed by atoms with Crippen molar-refractivity contribution >= 4 is 6.21 Å². The first-order chi connectivity index (χ1) is 15.7. The summed E-state index contributed by atoms with van der Waals surface area (Å²) in [6.07, 6.45) is 22.6. The molecule has 0 heterocycles. The van der Waals surface area contributed by atoms with Crippen molar-refractivity contribution in [1.29, 1.82) is 0 Å². The van der Waals surface area contributed by atoms with Gasteiger partial charge in [0.2, 0.25) is 0 Å². The van der Waals surface area contributed by atoms with E-state index in [2.05, 4.69) is 83.6 Å². The number of nitrogens with zero attached hydrogens (tertiary/aromatic N) is 1. The lowest BCUT2D eigenvalue weighted by atomic mass is 9.58. The summed E-state index contributed by atoms with van der Waals surface area (Å²) in [5.74, 6) is 3.04. The quantitative estimate of drug-likeness (QED) is 0.295. The van der Waals surface area contributed by atoms with E-state index < -0.39 is 0 Å². The van der Waals surface area contributed by atoms with Crippen molar-refractivity contribution in [3.05, 3.63) is 58.7 Å². The first-order valence-electron chi connectivity index (χ1n) is 13.6. The van der Waals surface area contributed by atoms with Crippen LogP contribution in [0.3, 0.4) is 0 Å². The molecule has 0 radical (unpaired) electrons. The van der Waals surface area contributed by atoms with Gasteiger partial charge in [-0.05, 0) is 123 Å². The molecule has 2 fully saturated rings. The summed E-state index contributed by atoms with van der Waals surface area (Å²) in [5.41, 5.74) is 8.29. The molecule has 33 heavy (non-hydrogen) atoms. The van der Waals surface area contributed by atoms with Gasteiger partial charge in [-0.25, -0.2) is 0 Å². The van der Waals surface area contributed by atoms with Crippen LogP contribution in [0.15, 0.2) is 63.7 Å². The summed E-state index contributed by atoms with van der Waals surface area (Å²) >= 11 is 0. The van der Waals surface area contributed by atoms with Gasteiger partial charge in [0.25, 0.3) is 0 Å². The highest BCUT2D eigenvalue weighted by atomic mass is 14.7. The van der Waals surface area contributed by atoms with Crippen LogP contribution >= 0.6 is 0 Å². The van der Waals surface area contributed by atoms with Gasteiger partial charge in [0, 0.05) is 12.8 Å². The van der Waals surface area contributed by atoms with Crippen molar-refractivity contribution in [2.24, 2.45) is 39.5 Å². The molecule has 0 aliphatic heterocycles. The summed E-state index contributed by atoms with van der Waals surface area (Å²) in [6.45, 7) is 19.2. The van der Waals surface area contributed by atoms with Gasteiger partial charge in [-0.15, -0.1) is 0 Å². The van der Waals surface area contributed by atoms with Gasteiger partial charge in [-0.3, -0.25) is 4.99 Å². The number of fused-ring (bicyclic) bond motifs is 4. The third-order valence-corrected chi connectivity index (χ3v) is 9.86. The summed E-state index contributed by atoms with van der Waals surface area (Å²) in [4.78, 5) is 4.54. The zero-order valence-electron chi connectivity index (χ0n) is 22.2. The fourth-order valence-corrected chi connectivity index (χ4v) is 7.94. The van der Waals surface area contributed by atoms with E-state index in [0.717, 1.165) is 24.3 Å². The Morgan fingerprint density at radius 1 is 1.18 bits per heavy atom. The molecule has 4 aliphatic rings. The van der Waals surface area contributed by atoms with E-state index in [9.17, 15) is 0 Å². The summed E-state index contributed by atoms with van der Waals surface area (Å²) < 4.78 is 0. The Bertz CT molecular complexity index is 920. The molecule has 4 aliphatic carbocycles. The van der Waals surface area contributed by atoms with Crippen LogP contribution in [0.5, 0.6) is 0 Å². The molecule has 6 atom stereocenters. The minimum atomic E-state index is 0.384. The zero-order chi connectivity index (χ0) is 23.8. The SMILES string of the molecule is C=CC(=CC(C=NCC)=C(C)C)C1CCC2C3CCC4(C)CC(C)CC=C4C=C3CCC12C. The van der Waals surface area contributed by atoms with Gasteiger partial charge in [-0.2, -0.15) is 0 Å². The highest BCUT2D eigenvalue weighted by Gasteiger charge is 2.53. The van der Waals surface area contributed by atoms with Crippen molar-refractivity contribution < 1.29 is 0 Å². The monoisotopic (exact) mass is 445 g/mol. The minimum absolute atomic E-state index is 0.384. The number of allylic oxidation sites excluding steroid dienone is 9. The average molecular weight is 446 g/mol. The van der Waals surface area contributed by atoms with E-state index in [1.807, 2.05) is 0 Å². The van der Waals surface area contributed by atoms with E-state index in [-0.39, 0.29) is 0 Å². The maximum absolute atomic E-state index is 4.54. The van der Waals surface area contributed by atoms with Crippen LogP contribution in [0.4, 0.5) is 0 Å². The van der Waals surface area contributed by atoms with Gasteiger partial charge >= 0.3 is 0 Å². The molecule has 0 saturated heterocycles. The van der Waals surface area contributed by atoms with Crippen molar-refractivity contribution in [2.45, 2.75) is 92.9 Å². The van der Waals surface area contributed by atoms with Gasteiger partial charge < -0.3 is 0 Å². The predicted octanol–water partition coefficient (Wildman–Crippen LogP) is 9.05. The largest absolute Gasteiger partial charge is 0.293 e. The Morgan fingerprint density at radius 2 is 1.97 bits per heavy atom. The van der Waals surface area contributed by atoms with Crippen LogP contribution in [-0.4, -0.2) is 12.8 Å². The van der Waals surface area contributed by atoms with Crippen LogP contribution in [0.1, 0.15) is 92.9 Å². The Balaban J connectivity index is 1.63. The lowest BCUT2D eigenvalue weighted by molar-refractivity contribution is 0.0883. The van der Waals surface area contributed by atoms with Gasteiger partial charge in [0.1, 0.15) is 0 Å². The highest BCUT2D eigenvalue weighted by Crippen LogP contribution is 2.63. The van der Waals surface area contributed by atoms with E-state index >= 15 is 0 Å². The topological polar surface area (TPSA) is 12.4 Å². The lowest BCUT2D eigenvalue weighted by Gasteiger charge is -2.47. The van der Waals surface area contributed by atoms with Gasteiger partial charge in [0.05, 0.1) is 0 Å². The second-order valence-corrected chi connectivity index (χ2v) is 12.3. The Kier molecular flexibility index (Phi) is 7.09. The molecule has 180 valence electrons. The third kappa shape index (κ3) is 4.54. The molecular weight excluding hydrogens is 398 g/mol. The van der Waals surface area contributed by atoms with Crippen molar-refractivity contribution in [1.82, 2.24) is 0 Å². The van der Waals surface area contributed by atoms with Crippen LogP contribution < -0.4 is 0 Å². The Hall–Kier alpha value is -1.63. The van der Waals surface area contributed by atoms with Crippen molar-refractivity contribution in [3.8, 4) is 0 Å². The van der Waals surface area contributed by atoms with Crippen LogP contribution in [0.25, 0.3) is 0 Å². The van der Waals surface area contributed by atoms with E-state index in [4.69, 9.17) is 0 Å². The average Bonchev–Trinajstić information content (AvgIpc) is 3.04. The van der Waals surface area contributed by atoms with Gasteiger partial charge in [0.15, 0.2) is 0 Å². The zero-order valence-corrected chi connectivity index (χ0v) is 22.2. The van der Waals surface area contributed by atoms with Crippen LogP contribution in [0, 0.1) is 34.5 Å². The second kappa shape index (κ2) is 9.55. The molecule has 1 heteroatoms. The van der Waals surface area contributed by atoms with Crippen molar-refractivity contribution in [3.63, 3.8) is 0 Å². The number of hydrogen-bond acceptors (Lipinski definition) is 1. The molecule has 0 aromatic rings. The molecule has 0 spiro atoms.